The number of hydrogen-bond donors (Lipinski definition) is 0. The molecular weight excluding hydrogens is 389 g/mol. The number of aromatic nitrogens is 1. The van der Waals surface area contributed by atoms with E-state index in [0.29, 0.717) is 23.9 Å². The van der Waals surface area contributed by atoms with Crippen LogP contribution in [0.1, 0.15) is 5.56 Å². The Morgan fingerprint density at radius 2 is 1.93 bits per heavy atom. The Morgan fingerprint density at radius 3 is 2.52 bits per heavy atom. The van der Waals surface area contributed by atoms with Crippen LogP contribution in [0.4, 0.5) is 4.39 Å². The first-order valence-electron chi connectivity index (χ1n) is 8.50. The van der Waals surface area contributed by atoms with Crippen molar-refractivity contribution in [1.29, 1.82) is 0 Å². The highest BCUT2D eigenvalue weighted by Gasteiger charge is 2.27. The fraction of sp³-hybridized carbons (Fsp3) is 0.389. The summed E-state index contributed by atoms with van der Waals surface area (Å²) in [5, 5.41) is 0.684. The number of thioether (sulfide) groups is 1. The van der Waals surface area contributed by atoms with E-state index in [1.165, 1.54) is 35.4 Å². The molecule has 1 aromatic heterocycles. The van der Waals surface area contributed by atoms with Gasteiger partial charge < -0.3 is 9.64 Å². The lowest BCUT2D eigenvalue weighted by atomic mass is 10.2. The largest absolute Gasteiger partial charge is 0.494 e. The quantitative estimate of drug-likeness (QED) is 0.681. The van der Waals surface area contributed by atoms with Gasteiger partial charge in [0.05, 0.1) is 12.1 Å². The first-order chi connectivity index (χ1) is 12.9. The summed E-state index contributed by atoms with van der Waals surface area (Å²) < 4.78 is 45.5. The molecule has 1 aliphatic rings. The fourth-order valence-electron chi connectivity index (χ4n) is 2.74. The van der Waals surface area contributed by atoms with E-state index in [-0.39, 0.29) is 10.6 Å². The van der Waals surface area contributed by atoms with Crippen LogP contribution < -0.4 is 4.74 Å². The number of ether oxygens (including phenoxy) is 1. The van der Waals surface area contributed by atoms with Crippen molar-refractivity contribution in [2.45, 2.75) is 15.7 Å². The van der Waals surface area contributed by atoms with Crippen LogP contribution in [-0.2, 0) is 15.8 Å². The van der Waals surface area contributed by atoms with Crippen molar-refractivity contribution in [3.63, 3.8) is 0 Å². The maximum Gasteiger partial charge on any atom is 0.244 e. The number of benzene rings is 1. The second-order valence-electron chi connectivity index (χ2n) is 6.30. The SMILES string of the molecule is COc1ccc(CSc2ccc(S(=O)(=O)N3CCN(C)CC3)cn2)cc1F. The first kappa shape index (κ1) is 20.1. The van der Waals surface area contributed by atoms with Gasteiger partial charge in [0.25, 0.3) is 0 Å². The van der Waals surface area contributed by atoms with Gasteiger partial charge in [-0.2, -0.15) is 4.31 Å². The van der Waals surface area contributed by atoms with Gasteiger partial charge in [0.15, 0.2) is 11.6 Å². The molecule has 0 spiro atoms. The molecule has 1 saturated heterocycles. The minimum Gasteiger partial charge on any atom is -0.494 e. The average Bonchev–Trinajstić information content (AvgIpc) is 2.67. The lowest BCUT2D eigenvalue weighted by Crippen LogP contribution is -2.47. The van der Waals surface area contributed by atoms with Crippen LogP contribution in [-0.4, -0.2) is 62.9 Å². The predicted molar refractivity (Wildman–Crippen MR) is 103 cm³/mol. The predicted octanol–water partition coefficient (Wildman–Crippen LogP) is 2.46. The molecule has 1 aromatic carbocycles. The van der Waals surface area contributed by atoms with Crippen LogP contribution >= 0.6 is 11.8 Å². The zero-order valence-electron chi connectivity index (χ0n) is 15.3. The first-order valence-corrected chi connectivity index (χ1v) is 10.9. The summed E-state index contributed by atoms with van der Waals surface area (Å²) in [5.74, 6) is 0.330. The van der Waals surface area contributed by atoms with Crippen LogP contribution in [0.25, 0.3) is 0 Å². The van der Waals surface area contributed by atoms with Gasteiger partial charge in [-0.05, 0) is 36.9 Å². The van der Waals surface area contributed by atoms with E-state index in [1.54, 1.807) is 24.3 Å². The molecule has 2 heterocycles. The summed E-state index contributed by atoms with van der Waals surface area (Å²) in [5.41, 5.74) is 0.800. The van der Waals surface area contributed by atoms with Gasteiger partial charge in [0.2, 0.25) is 10.0 Å². The maximum absolute atomic E-state index is 13.7. The minimum atomic E-state index is -3.51. The second kappa shape index (κ2) is 8.55. The highest BCUT2D eigenvalue weighted by molar-refractivity contribution is 7.98. The molecule has 9 heteroatoms. The monoisotopic (exact) mass is 411 g/mol. The molecular formula is C18H22FN3O3S2. The number of piperazine rings is 1. The third-order valence-electron chi connectivity index (χ3n) is 4.41. The molecule has 0 atom stereocenters. The van der Waals surface area contributed by atoms with E-state index in [4.69, 9.17) is 4.74 Å². The Bertz CT molecular complexity index is 883. The van der Waals surface area contributed by atoms with Crippen molar-refractivity contribution in [2.24, 2.45) is 0 Å². The van der Waals surface area contributed by atoms with E-state index in [2.05, 4.69) is 9.88 Å². The van der Waals surface area contributed by atoms with Gasteiger partial charge in [-0.15, -0.1) is 11.8 Å². The highest BCUT2D eigenvalue weighted by atomic mass is 32.2. The summed E-state index contributed by atoms with van der Waals surface area (Å²) in [6.07, 6.45) is 1.39. The van der Waals surface area contributed by atoms with E-state index < -0.39 is 15.8 Å². The highest BCUT2D eigenvalue weighted by Crippen LogP contribution is 2.25. The van der Waals surface area contributed by atoms with Gasteiger partial charge in [-0.25, -0.2) is 17.8 Å². The maximum atomic E-state index is 13.7. The molecule has 0 unspecified atom stereocenters. The molecule has 0 bridgehead atoms. The topological polar surface area (TPSA) is 62.7 Å². The second-order valence-corrected chi connectivity index (χ2v) is 9.23. The van der Waals surface area contributed by atoms with Crippen molar-refractivity contribution >= 4 is 21.8 Å². The minimum absolute atomic E-state index is 0.201. The molecule has 0 radical (unpaired) electrons. The van der Waals surface area contributed by atoms with E-state index >= 15 is 0 Å². The molecule has 1 aliphatic heterocycles. The Kier molecular flexibility index (Phi) is 6.36. The van der Waals surface area contributed by atoms with Gasteiger partial charge in [-0.3, -0.25) is 0 Å². The van der Waals surface area contributed by atoms with E-state index in [0.717, 1.165) is 18.7 Å². The number of pyridine rings is 1. The molecule has 1 fully saturated rings. The molecule has 146 valence electrons. The molecule has 0 saturated carbocycles. The zero-order chi connectivity index (χ0) is 19.4. The van der Waals surface area contributed by atoms with E-state index in [1.807, 2.05) is 7.05 Å². The molecule has 2 aromatic rings. The molecule has 0 N–H and O–H groups in total. The standard InChI is InChI=1S/C18H22FN3O3S2/c1-21-7-9-22(10-8-21)27(23,24)15-4-6-18(20-12-15)26-13-14-3-5-17(25-2)16(19)11-14/h3-6,11-12H,7-10,13H2,1-2H3. The number of methoxy groups -OCH3 is 1. The number of hydrogen-bond acceptors (Lipinski definition) is 6. The number of nitrogens with zero attached hydrogens (tertiary/aromatic N) is 3. The van der Waals surface area contributed by atoms with Gasteiger partial charge in [0, 0.05) is 38.1 Å². The molecule has 3 rings (SSSR count). The lowest BCUT2D eigenvalue weighted by molar-refractivity contribution is 0.222. The van der Waals surface area contributed by atoms with Gasteiger partial charge >= 0.3 is 0 Å². The Morgan fingerprint density at radius 1 is 1.19 bits per heavy atom. The molecule has 0 amide bonds. The average molecular weight is 412 g/mol. The number of likely N-dealkylation sites (N-methyl/N-ethyl adjacent to an activating group) is 1. The van der Waals surface area contributed by atoms with Gasteiger partial charge in [0.1, 0.15) is 4.90 Å². The van der Waals surface area contributed by atoms with Gasteiger partial charge in [-0.1, -0.05) is 6.07 Å². The van der Waals surface area contributed by atoms with Crippen LogP contribution in [0.2, 0.25) is 0 Å². The fourth-order valence-corrected chi connectivity index (χ4v) is 4.89. The van der Waals surface area contributed by atoms with E-state index in [9.17, 15) is 12.8 Å². The molecule has 27 heavy (non-hydrogen) atoms. The summed E-state index contributed by atoms with van der Waals surface area (Å²) in [6.45, 7) is 2.41. The normalized spacial score (nSPS) is 16.4. The van der Waals surface area contributed by atoms with Crippen molar-refractivity contribution in [3.8, 4) is 5.75 Å². The summed E-state index contributed by atoms with van der Waals surface area (Å²) in [4.78, 5) is 6.56. The van der Waals surface area contributed by atoms with Crippen LogP contribution in [0.3, 0.4) is 0 Å². The Balaban J connectivity index is 1.64. The van der Waals surface area contributed by atoms with Crippen LogP contribution in [0, 0.1) is 5.82 Å². The lowest BCUT2D eigenvalue weighted by Gasteiger charge is -2.31. The number of sulfonamides is 1. The Labute approximate surface area is 163 Å². The van der Waals surface area contributed by atoms with Crippen molar-refractivity contribution < 1.29 is 17.5 Å². The third kappa shape index (κ3) is 4.78. The zero-order valence-corrected chi connectivity index (χ0v) is 16.9. The summed E-state index contributed by atoms with van der Waals surface area (Å²) in [7, 11) is -0.108. The van der Waals surface area contributed by atoms with Crippen molar-refractivity contribution in [2.75, 3.05) is 40.3 Å². The van der Waals surface area contributed by atoms with Crippen LogP contribution in [0.15, 0.2) is 46.5 Å². The number of rotatable bonds is 6. The molecule has 6 nitrogen and oxygen atoms in total. The van der Waals surface area contributed by atoms with Crippen molar-refractivity contribution in [1.82, 2.24) is 14.2 Å². The smallest absolute Gasteiger partial charge is 0.244 e. The summed E-state index contributed by atoms with van der Waals surface area (Å²) in [6, 6.07) is 8.08. The van der Waals surface area contributed by atoms with Crippen molar-refractivity contribution in [3.05, 3.63) is 47.9 Å². The Hall–Kier alpha value is -1.68. The summed E-state index contributed by atoms with van der Waals surface area (Å²) >= 11 is 1.42. The molecule has 0 aliphatic carbocycles. The van der Waals surface area contributed by atoms with Crippen LogP contribution in [0.5, 0.6) is 5.75 Å². The third-order valence-corrected chi connectivity index (χ3v) is 7.31. The number of halogens is 1.